The molecule has 0 saturated carbocycles. The van der Waals surface area contributed by atoms with E-state index in [-0.39, 0.29) is 35.7 Å². The quantitative estimate of drug-likeness (QED) is 0.0474. The number of Topliss-reactive ketones (excluding diaryl/α,β-unsaturated/α-hetero) is 1. The summed E-state index contributed by atoms with van der Waals surface area (Å²) in [6.45, 7) is 8.82. The predicted octanol–water partition coefficient (Wildman–Crippen LogP) is 8.88. The van der Waals surface area contributed by atoms with E-state index in [0.29, 0.717) is 24.2 Å². The smallest absolute Gasteiger partial charge is 0.303 e. The third-order valence-corrected chi connectivity index (χ3v) is 11.1. The van der Waals surface area contributed by atoms with E-state index in [0.717, 1.165) is 57.9 Å². The maximum absolute atomic E-state index is 14.1. The van der Waals surface area contributed by atoms with E-state index in [2.05, 4.69) is 43.0 Å². The minimum atomic E-state index is -0.825. The number of rotatable bonds is 12. The number of aliphatic hydroxyl groups is 1. The number of non-ortho nitro benzene ring substituents is 2. The second-order valence-electron chi connectivity index (χ2n) is 15.3. The van der Waals surface area contributed by atoms with Gasteiger partial charge in [-0.3, -0.25) is 29.8 Å². The van der Waals surface area contributed by atoms with Gasteiger partial charge in [0.1, 0.15) is 5.76 Å². The number of ketones is 1. The summed E-state index contributed by atoms with van der Waals surface area (Å²) in [5, 5.41) is 46.3. The van der Waals surface area contributed by atoms with E-state index in [4.69, 9.17) is 5.11 Å². The Hall–Kier alpha value is -6.43. The number of unbranched alkanes of at least 4 members (excludes halogenated alkanes) is 2. The maximum Gasteiger partial charge on any atom is 0.303 e. The summed E-state index contributed by atoms with van der Waals surface area (Å²) < 4.78 is 1.88. The van der Waals surface area contributed by atoms with E-state index in [1.54, 1.807) is 12.2 Å². The fourth-order valence-corrected chi connectivity index (χ4v) is 8.36. The first-order chi connectivity index (χ1) is 26.1. The van der Waals surface area contributed by atoms with Gasteiger partial charge in [0.25, 0.3) is 11.4 Å². The van der Waals surface area contributed by atoms with Crippen LogP contribution in [0.25, 0.3) is 10.8 Å². The van der Waals surface area contributed by atoms with Gasteiger partial charge in [-0.15, -0.1) is 0 Å². The maximum atomic E-state index is 14.1. The standard InChI is InChI=1S/C43H40N4O8/c1-42(2)33-14-9-10-15-34(33)45(25-26-20-28(46(52)53)22-29(21-26)47(54)55)36(42)23-31-40(50)32(41(31)51)24-37-43(3,4)39-30-13-8-7-12-27(30)17-18-35(39)44(37)19-11-5-6-16-38(48)49/h7-10,12-15,17-18,20-24H,5-6,11,16,19,25H2,1-4H3,(H-,48,49,50,51)/p+1. The molecule has 0 atom stereocenters. The van der Waals surface area contributed by atoms with Crippen molar-refractivity contribution in [2.45, 2.75) is 70.8 Å². The molecule has 2 N–H and O–H groups in total. The van der Waals surface area contributed by atoms with Gasteiger partial charge in [0.15, 0.2) is 12.3 Å². The van der Waals surface area contributed by atoms with Crippen molar-refractivity contribution in [3.8, 4) is 0 Å². The first-order valence-electron chi connectivity index (χ1n) is 18.2. The van der Waals surface area contributed by atoms with Gasteiger partial charge in [0, 0.05) is 65.2 Å². The molecule has 12 heteroatoms. The minimum absolute atomic E-state index is 0.0412. The second-order valence-corrected chi connectivity index (χ2v) is 15.3. The molecular formula is C43H41N4O8+. The number of nitro benzene ring substituents is 2. The molecule has 0 radical (unpaired) electrons. The molecule has 0 aromatic heterocycles. The van der Waals surface area contributed by atoms with Crippen molar-refractivity contribution in [1.29, 1.82) is 0 Å². The number of aliphatic hydroxyl groups excluding tert-OH is 1. The number of carbonyl (C=O) groups excluding carboxylic acids is 1. The molecule has 3 aliphatic rings. The van der Waals surface area contributed by atoms with Crippen molar-refractivity contribution in [3.05, 3.63) is 151 Å². The molecule has 2 aliphatic heterocycles. The summed E-state index contributed by atoms with van der Waals surface area (Å²) >= 11 is 0. The SMILES string of the molecule is CC1(C)C(/C=C2/C(=O)C(/C=C3\N(CCCCCC(=O)O)c4ccc5ccccc5c4C3(C)C)=C2O)=[N+](Cc2cc([N+](=O)[O-])cc([N+](=O)[O-])c2)c2ccccc21. The van der Waals surface area contributed by atoms with Gasteiger partial charge in [0.2, 0.25) is 11.5 Å². The molecule has 2 heterocycles. The largest absolute Gasteiger partial charge is 0.506 e. The lowest BCUT2D eigenvalue weighted by atomic mass is 9.77. The molecule has 1 aliphatic carbocycles. The first-order valence-corrected chi connectivity index (χ1v) is 18.2. The molecule has 55 heavy (non-hydrogen) atoms. The highest BCUT2D eigenvalue weighted by Crippen LogP contribution is 2.52. The number of carbonyl (C=O) groups is 2. The number of carboxylic acid groups (broad SMARTS) is 1. The van der Waals surface area contributed by atoms with Gasteiger partial charge in [-0.05, 0) is 55.2 Å². The van der Waals surface area contributed by atoms with Gasteiger partial charge in [-0.2, -0.15) is 4.58 Å². The average Bonchev–Trinajstić information content (AvgIpc) is 3.50. The Balaban J connectivity index is 1.31. The number of hydrogen-bond acceptors (Lipinski definition) is 8. The summed E-state index contributed by atoms with van der Waals surface area (Å²) in [4.78, 5) is 49.5. The Bertz CT molecular complexity index is 2440. The zero-order valence-corrected chi connectivity index (χ0v) is 31.0. The number of nitro groups is 2. The molecule has 0 fully saturated rings. The number of carboxylic acids is 1. The summed E-state index contributed by atoms with van der Waals surface area (Å²) in [7, 11) is 0. The lowest BCUT2D eigenvalue weighted by Gasteiger charge is -2.29. The third kappa shape index (κ3) is 6.37. The van der Waals surface area contributed by atoms with Crippen molar-refractivity contribution in [2.24, 2.45) is 0 Å². The molecule has 0 unspecified atom stereocenters. The van der Waals surface area contributed by atoms with E-state index >= 15 is 0 Å². The summed E-state index contributed by atoms with van der Waals surface area (Å²) in [6.07, 6.45) is 5.55. The lowest BCUT2D eigenvalue weighted by Crippen LogP contribution is -2.32. The Morgan fingerprint density at radius 2 is 1.53 bits per heavy atom. The molecule has 0 bridgehead atoms. The molecule has 4 aromatic carbocycles. The van der Waals surface area contributed by atoms with Crippen molar-refractivity contribution < 1.29 is 34.2 Å². The normalized spacial score (nSPS) is 18.3. The van der Waals surface area contributed by atoms with Crippen LogP contribution in [0.5, 0.6) is 0 Å². The average molecular weight is 742 g/mol. The van der Waals surface area contributed by atoms with Crippen LogP contribution in [0, 0.1) is 20.2 Å². The van der Waals surface area contributed by atoms with Crippen molar-refractivity contribution >= 4 is 51.0 Å². The van der Waals surface area contributed by atoms with E-state index in [1.807, 2.05) is 54.8 Å². The van der Waals surface area contributed by atoms with Crippen LogP contribution >= 0.6 is 0 Å². The van der Waals surface area contributed by atoms with Crippen LogP contribution in [-0.4, -0.2) is 48.6 Å². The molecule has 0 amide bonds. The number of anilines is 1. The van der Waals surface area contributed by atoms with Crippen molar-refractivity contribution in [3.63, 3.8) is 0 Å². The fourth-order valence-electron chi connectivity index (χ4n) is 8.36. The molecular weight excluding hydrogens is 700 g/mol. The zero-order valence-electron chi connectivity index (χ0n) is 31.0. The number of hydrogen-bond donors (Lipinski definition) is 2. The number of benzene rings is 4. The minimum Gasteiger partial charge on any atom is -0.506 e. The lowest BCUT2D eigenvalue weighted by molar-refractivity contribution is -0.455. The summed E-state index contributed by atoms with van der Waals surface area (Å²) in [6, 6.07) is 23.5. The highest BCUT2D eigenvalue weighted by Gasteiger charge is 2.47. The van der Waals surface area contributed by atoms with Gasteiger partial charge in [-0.25, -0.2) is 0 Å². The van der Waals surface area contributed by atoms with E-state index in [9.17, 15) is 34.9 Å². The number of allylic oxidation sites excluding steroid dienone is 5. The molecule has 0 spiro atoms. The monoisotopic (exact) mass is 741 g/mol. The summed E-state index contributed by atoms with van der Waals surface area (Å²) in [5.74, 6) is -1.32. The predicted molar refractivity (Wildman–Crippen MR) is 209 cm³/mol. The zero-order chi connectivity index (χ0) is 39.4. The number of aliphatic carboxylic acids is 1. The fraction of sp³-hybridized carbons (Fsp3) is 0.279. The Morgan fingerprint density at radius 1 is 0.855 bits per heavy atom. The molecule has 0 saturated heterocycles. The topological polar surface area (TPSA) is 167 Å². The van der Waals surface area contributed by atoms with Crippen LogP contribution in [0.3, 0.4) is 0 Å². The Kier molecular flexibility index (Phi) is 9.24. The van der Waals surface area contributed by atoms with Gasteiger partial charge < -0.3 is 15.1 Å². The summed E-state index contributed by atoms with van der Waals surface area (Å²) in [5.41, 5.74) is 3.95. The molecule has 12 nitrogen and oxygen atoms in total. The van der Waals surface area contributed by atoms with Crippen molar-refractivity contribution in [1.82, 2.24) is 0 Å². The van der Waals surface area contributed by atoms with Crippen LogP contribution in [0.15, 0.2) is 114 Å². The van der Waals surface area contributed by atoms with E-state index in [1.165, 1.54) is 12.1 Å². The Morgan fingerprint density at radius 3 is 2.20 bits per heavy atom. The van der Waals surface area contributed by atoms with Gasteiger partial charge >= 0.3 is 5.97 Å². The van der Waals surface area contributed by atoms with Crippen molar-refractivity contribution in [2.75, 3.05) is 11.4 Å². The highest BCUT2D eigenvalue weighted by atomic mass is 16.6. The van der Waals surface area contributed by atoms with E-state index < -0.39 is 38.0 Å². The van der Waals surface area contributed by atoms with Gasteiger partial charge in [0.05, 0.1) is 32.5 Å². The first kappa shape index (κ1) is 36.9. The second kappa shape index (κ2) is 13.8. The van der Waals surface area contributed by atoms with Crippen LogP contribution < -0.4 is 4.90 Å². The van der Waals surface area contributed by atoms with Crippen LogP contribution in [0.2, 0.25) is 0 Å². The highest BCUT2D eigenvalue weighted by molar-refractivity contribution is 6.24. The molecule has 7 rings (SSSR count). The number of nitrogens with zero attached hydrogens (tertiary/aromatic N) is 4. The van der Waals surface area contributed by atoms with Crippen LogP contribution in [0.4, 0.5) is 22.7 Å². The van der Waals surface area contributed by atoms with Crippen LogP contribution in [0.1, 0.15) is 70.1 Å². The number of fused-ring (bicyclic) bond motifs is 4. The third-order valence-electron chi connectivity index (χ3n) is 11.1. The molecule has 4 aromatic rings. The van der Waals surface area contributed by atoms with Crippen LogP contribution in [-0.2, 0) is 27.0 Å². The van der Waals surface area contributed by atoms with Gasteiger partial charge in [-0.1, -0.05) is 68.8 Å². The Labute approximate surface area is 317 Å². The number of para-hydroxylation sites is 1. The molecule has 280 valence electrons.